The summed E-state index contributed by atoms with van der Waals surface area (Å²) in [7, 11) is 0. The normalized spacial score (nSPS) is 11.6. The molecule has 5 aromatic rings. The molecule has 0 aliphatic carbocycles. The predicted octanol–water partition coefficient (Wildman–Crippen LogP) is 3.33. The molecule has 130 valence electrons. The quantitative estimate of drug-likeness (QED) is 0.422. The van der Waals surface area contributed by atoms with Crippen LogP contribution in [0.3, 0.4) is 0 Å². The number of aromatic carboxylic acids is 1. The van der Waals surface area contributed by atoms with Crippen LogP contribution in [-0.2, 0) is 0 Å². The SMILES string of the molecule is O=C(O)c1[nH]c(=O)[nH]c(=O)c1-c1ccc2ccc3cccc4ccc1c2c34. The van der Waals surface area contributed by atoms with E-state index in [1.165, 1.54) is 0 Å². The first-order valence-electron chi connectivity index (χ1n) is 8.31. The van der Waals surface area contributed by atoms with Crippen LogP contribution in [0, 0.1) is 0 Å². The van der Waals surface area contributed by atoms with E-state index in [1.54, 1.807) is 6.07 Å². The summed E-state index contributed by atoms with van der Waals surface area (Å²) in [6, 6.07) is 17.5. The van der Waals surface area contributed by atoms with E-state index in [2.05, 4.69) is 9.97 Å². The van der Waals surface area contributed by atoms with Crippen LogP contribution in [0.15, 0.2) is 64.2 Å². The molecule has 0 unspecified atom stereocenters. The van der Waals surface area contributed by atoms with E-state index in [4.69, 9.17) is 0 Å². The van der Waals surface area contributed by atoms with E-state index >= 15 is 0 Å². The molecule has 0 saturated carbocycles. The first kappa shape index (κ1) is 15.3. The van der Waals surface area contributed by atoms with Crippen LogP contribution in [0.25, 0.3) is 43.4 Å². The number of carboxylic acids is 1. The second-order valence-electron chi connectivity index (χ2n) is 6.43. The van der Waals surface area contributed by atoms with Gasteiger partial charge in [0.25, 0.3) is 5.56 Å². The Balaban J connectivity index is 2.01. The molecular formula is C21H12N2O4. The minimum atomic E-state index is -1.36. The van der Waals surface area contributed by atoms with Gasteiger partial charge in [0.05, 0.1) is 5.56 Å². The molecule has 0 atom stereocenters. The van der Waals surface area contributed by atoms with Gasteiger partial charge in [0, 0.05) is 0 Å². The number of rotatable bonds is 2. The first-order chi connectivity index (χ1) is 13.0. The molecule has 0 aliphatic rings. The van der Waals surface area contributed by atoms with Crippen LogP contribution < -0.4 is 11.2 Å². The molecule has 6 heteroatoms. The van der Waals surface area contributed by atoms with Crippen LogP contribution in [0.4, 0.5) is 0 Å². The standard InChI is InChI=1S/C21H12N2O4/c24-19-17(18(20(25)26)22-21(27)23-19)14-9-7-12-5-4-10-2-1-3-11-6-8-13(14)16(12)15(10)11/h1-9H,(H,25,26)(H2,22,23,24,27). The highest BCUT2D eigenvalue weighted by atomic mass is 16.4. The van der Waals surface area contributed by atoms with Gasteiger partial charge in [-0.2, -0.15) is 0 Å². The Bertz CT molecular complexity index is 1480. The van der Waals surface area contributed by atoms with Crippen LogP contribution >= 0.6 is 0 Å². The molecule has 4 aromatic carbocycles. The monoisotopic (exact) mass is 356 g/mol. The number of aromatic nitrogens is 2. The van der Waals surface area contributed by atoms with Crippen molar-refractivity contribution >= 4 is 38.3 Å². The smallest absolute Gasteiger partial charge is 0.353 e. The van der Waals surface area contributed by atoms with Crippen molar-refractivity contribution in [2.24, 2.45) is 0 Å². The minimum Gasteiger partial charge on any atom is -0.477 e. The molecule has 3 N–H and O–H groups in total. The maximum absolute atomic E-state index is 12.5. The maximum atomic E-state index is 12.5. The largest absolute Gasteiger partial charge is 0.477 e. The molecule has 0 amide bonds. The van der Waals surface area contributed by atoms with Gasteiger partial charge < -0.3 is 10.1 Å². The molecule has 5 rings (SSSR count). The molecule has 6 nitrogen and oxygen atoms in total. The Morgan fingerprint density at radius 1 is 0.778 bits per heavy atom. The van der Waals surface area contributed by atoms with E-state index < -0.39 is 22.9 Å². The Morgan fingerprint density at radius 3 is 2.11 bits per heavy atom. The lowest BCUT2D eigenvalue weighted by molar-refractivity contribution is 0.0690. The lowest BCUT2D eigenvalue weighted by Crippen LogP contribution is -2.28. The lowest BCUT2D eigenvalue weighted by Gasteiger charge is -2.14. The highest BCUT2D eigenvalue weighted by Crippen LogP contribution is 2.38. The third kappa shape index (κ3) is 2.10. The molecule has 0 spiro atoms. The fraction of sp³-hybridized carbons (Fsp3) is 0. The van der Waals surface area contributed by atoms with Gasteiger partial charge in [-0.1, -0.05) is 54.6 Å². The lowest BCUT2D eigenvalue weighted by atomic mass is 9.90. The van der Waals surface area contributed by atoms with Gasteiger partial charge in [-0.25, -0.2) is 9.59 Å². The second-order valence-corrected chi connectivity index (χ2v) is 6.43. The van der Waals surface area contributed by atoms with E-state index in [-0.39, 0.29) is 5.56 Å². The van der Waals surface area contributed by atoms with Crippen molar-refractivity contribution in [2.45, 2.75) is 0 Å². The molecule has 1 heterocycles. The third-order valence-electron chi connectivity index (χ3n) is 4.95. The van der Waals surface area contributed by atoms with Crippen molar-refractivity contribution in [3.63, 3.8) is 0 Å². The topological polar surface area (TPSA) is 103 Å². The number of aromatic amines is 2. The zero-order valence-corrected chi connectivity index (χ0v) is 13.9. The van der Waals surface area contributed by atoms with Crippen molar-refractivity contribution in [1.82, 2.24) is 9.97 Å². The Hall–Kier alpha value is -3.93. The number of benzene rings is 4. The van der Waals surface area contributed by atoms with Gasteiger partial charge in [0.15, 0.2) is 0 Å². The zero-order valence-electron chi connectivity index (χ0n) is 13.9. The van der Waals surface area contributed by atoms with Gasteiger partial charge in [0.2, 0.25) is 0 Å². The summed E-state index contributed by atoms with van der Waals surface area (Å²) in [5, 5.41) is 15.4. The van der Waals surface area contributed by atoms with E-state index in [1.807, 2.05) is 48.5 Å². The van der Waals surface area contributed by atoms with Gasteiger partial charge in [-0.3, -0.25) is 9.78 Å². The van der Waals surface area contributed by atoms with Crippen LogP contribution in [-0.4, -0.2) is 21.0 Å². The molecule has 0 saturated heterocycles. The Kier molecular flexibility index (Phi) is 3.00. The van der Waals surface area contributed by atoms with Crippen molar-refractivity contribution in [3.05, 3.63) is 81.1 Å². The van der Waals surface area contributed by atoms with E-state index in [9.17, 15) is 19.5 Å². The number of carboxylic acid groups (broad SMARTS) is 1. The van der Waals surface area contributed by atoms with Crippen LogP contribution in [0.1, 0.15) is 10.5 Å². The van der Waals surface area contributed by atoms with Crippen LogP contribution in [0.2, 0.25) is 0 Å². The average molecular weight is 356 g/mol. The molecule has 0 aliphatic heterocycles. The van der Waals surface area contributed by atoms with Crippen molar-refractivity contribution < 1.29 is 9.90 Å². The van der Waals surface area contributed by atoms with Crippen molar-refractivity contribution in [2.75, 3.05) is 0 Å². The second kappa shape index (κ2) is 5.28. The number of H-pyrrole nitrogens is 2. The van der Waals surface area contributed by atoms with Crippen molar-refractivity contribution in [1.29, 1.82) is 0 Å². The number of nitrogens with one attached hydrogen (secondary N) is 2. The molecule has 0 bridgehead atoms. The fourth-order valence-electron chi connectivity index (χ4n) is 3.86. The first-order valence-corrected chi connectivity index (χ1v) is 8.31. The Labute approximate surface area is 151 Å². The summed E-state index contributed by atoms with van der Waals surface area (Å²) in [4.78, 5) is 40.1. The maximum Gasteiger partial charge on any atom is 0.353 e. The van der Waals surface area contributed by atoms with E-state index in [0.717, 1.165) is 32.3 Å². The number of hydrogen-bond acceptors (Lipinski definition) is 3. The zero-order chi connectivity index (χ0) is 18.7. The number of carbonyl (C=O) groups is 1. The molecule has 0 radical (unpaired) electrons. The summed E-state index contributed by atoms with van der Waals surface area (Å²) in [6.07, 6.45) is 0. The Morgan fingerprint density at radius 2 is 1.41 bits per heavy atom. The molecular weight excluding hydrogens is 344 g/mol. The summed E-state index contributed by atoms with van der Waals surface area (Å²) in [5.74, 6) is -1.36. The van der Waals surface area contributed by atoms with Gasteiger partial charge in [0.1, 0.15) is 5.69 Å². The average Bonchev–Trinajstić information content (AvgIpc) is 2.66. The van der Waals surface area contributed by atoms with Gasteiger partial charge in [-0.05, 0) is 37.9 Å². The van der Waals surface area contributed by atoms with Gasteiger partial charge >= 0.3 is 11.7 Å². The van der Waals surface area contributed by atoms with Crippen LogP contribution in [0.5, 0.6) is 0 Å². The molecule has 1 aromatic heterocycles. The highest BCUT2D eigenvalue weighted by Gasteiger charge is 2.20. The van der Waals surface area contributed by atoms with E-state index in [0.29, 0.717) is 5.56 Å². The van der Waals surface area contributed by atoms with Gasteiger partial charge in [-0.15, -0.1) is 0 Å². The molecule has 27 heavy (non-hydrogen) atoms. The highest BCUT2D eigenvalue weighted by molar-refractivity contribution is 6.25. The minimum absolute atomic E-state index is 0.0555. The summed E-state index contributed by atoms with van der Waals surface area (Å²) < 4.78 is 0. The predicted molar refractivity (Wildman–Crippen MR) is 104 cm³/mol. The summed E-state index contributed by atoms with van der Waals surface area (Å²) in [5.41, 5.74) is -1.58. The fourth-order valence-corrected chi connectivity index (χ4v) is 3.86. The summed E-state index contributed by atoms with van der Waals surface area (Å²) in [6.45, 7) is 0. The summed E-state index contributed by atoms with van der Waals surface area (Å²) >= 11 is 0. The third-order valence-corrected chi connectivity index (χ3v) is 4.95. The molecule has 0 fully saturated rings. The number of hydrogen-bond donors (Lipinski definition) is 3. The van der Waals surface area contributed by atoms with Crippen molar-refractivity contribution in [3.8, 4) is 11.1 Å².